The van der Waals surface area contributed by atoms with Crippen molar-refractivity contribution in [1.82, 2.24) is 0 Å². The van der Waals surface area contributed by atoms with Crippen LogP contribution in [0.5, 0.6) is 0 Å². The highest BCUT2D eigenvalue weighted by atomic mass is 127. The molecule has 0 nitrogen and oxygen atoms in total. The molecule has 62 valence electrons. The average Bonchev–Trinajstić information content (AvgIpc) is 1.60. The fourth-order valence-electron chi connectivity index (χ4n) is 0.841. The third kappa shape index (κ3) is 4.41. The SMILES string of the molecule is CC(C)C[C@H](C)C(F)(F)I. The summed E-state index contributed by atoms with van der Waals surface area (Å²) in [5.74, 6) is -0.149. The number of hydrogen-bond acceptors (Lipinski definition) is 0. The van der Waals surface area contributed by atoms with Crippen molar-refractivity contribution in [3.63, 3.8) is 0 Å². The first kappa shape index (κ1) is 10.6. The van der Waals surface area contributed by atoms with Crippen molar-refractivity contribution in [2.24, 2.45) is 11.8 Å². The minimum absolute atomic E-state index is 0.357. The van der Waals surface area contributed by atoms with E-state index < -0.39 is 9.85 Å². The zero-order valence-electron chi connectivity index (χ0n) is 6.50. The van der Waals surface area contributed by atoms with Crippen molar-refractivity contribution in [3.8, 4) is 0 Å². The zero-order valence-corrected chi connectivity index (χ0v) is 8.65. The van der Waals surface area contributed by atoms with Crippen LogP contribution in [0.25, 0.3) is 0 Å². The molecule has 0 amide bonds. The van der Waals surface area contributed by atoms with Crippen LogP contribution in [0, 0.1) is 11.8 Å². The van der Waals surface area contributed by atoms with Gasteiger partial charge >= 0.3 is 0 Å². The predicted molar refractivity (Wildman–Crippen MR) is 47.6 cm³/mol. The Bertz CT molecular complexity index is 96.3. The third-order valence-electron chi connectivity index (χ3n) is 1.38. The molecule has 0 heterocycles. The van der Waals surface area contributed by atoms with Gasteiger partial charge in [-0.1, -0.05) is 20.8 Å². The molecule has 0 spiro atoms. The zero-order chi connectivity index (χ0) is 8.36. The van der Waals surface area contributed by atoms with E-state index in [-0.39, 0.29) is 0 Å². The van der Waals surface area contributed by atoms with Gasteiger partial charge in [0.2, 0.25) is 0 Å². The lowest BCUT2D eigenvalue weighted by Crippen LogP contribution is -2.19. The van der Waals surface area contributed by atoms with Crippen LogP contribution >= 0.6 is 22.6 Å². The molecule has 0 bridgehead atoms. The molecule has 0 radical (unpaired) electrons. The Hall–Kier alpha value is 0.590. The van der Waals surface area contributed by atoms with Crippen LogP contribution in [0.3, 0.4) is 0 Å². The Labute approximate surface area is 74.5 Å². The van der Waals surface area contributed by atoms with Gasteiger partial charge in [0.15, 0.2) is 0 Å². The van der Waals surface area contributed by atoms with Crippen molar-refractivity contribution in [2.45, 2.75) is 31.1 Å². The average molecular weight is 262 g/mol. The Kier molecular flexibility index (Phi) is 4.06. The largest absolute Gasteiger partial charge is 0.299 e. The van der Waals surface area contributed by atoms with Crippen LogP contribution in [0.4, 0.5) is 8.78 Å². The molecule has 3 heteroatoms. The lowest BCUT2D eigenvalue weighted by Gasteiger charge is -2.18. The topological polar surface area (TPSA) is 0 Å². The molecule has 0 rings (SSSR count). The highest BCUT2D eigenvalue weighted by Crippen LogP contribution is 2.35. The molecular weight excluding hydrogens is 249 g/mol. The van der Waals surface area contributed by atoms with Gasteiger partial charge in [-0.3, -0.25) is 0 Å². The molecule has 0 aliphatic heterocycles. The fraction of sp³-hybridized carbons (Fsp3) is 1.00. The van der Waals surface area contributed by atoms with E-state index in [9.17, 15) is 8.78 Å². The number of hydrogen-bond donors (Lipinski definition) is 0. The van der Waals surface area contributed by atoms with Gasteiger partial charge in [-0.05, 0) is 34.9 Å². The van der Waals surface area contributed by atoms with Gasteiger partial charge in [0.25, 0.3) is 3.93 Å². The number of alkyl halides is 3. The minimum Gasteiger partial charge on any atom is -0.195 e. The highest BCUT2D eigenvalue weighted by Gasteiger charge is 2.32. The highest BCUT2D eigenvalue weighted by molar-refractivity contribution is 14.1. The van der Waals surface area contributed by atoms with Gasteiger partial charge in [-0.25, -0.2) is 0 Å². The maximum atomic E-state index is 12.5. The van der Waals surface area contributed by atoms with Gasteiger partial charge in [0.05, 0.1) is 0 Å². The molecule has 0 aromatic carbocycles. The second-order valence-electron chi connectivity index (χ2n) is 3.07. The first-order valence-corrected chi connectivity index (χ1v) is 4.48. The molecule has 0 fully saturated rings. The molecule has 0 aromatic rings. The maximum Gasteiger partial charge on any atom is 0.299 e. The van der Waals surface area contributed by atoms with Crippen LogP contribution in [0.1, 0.15) is 27.2 Å². The van der Waals surface area contributed by atoms with E-state index in [2.05, 4.69) is 0 Å². The monoisotopic (exact) mass is 262 g/mol. The smallest absolute Gasteiger partial charge is 0.195 e. The van der Waals surface area contributed by atoms with Crippen molar-refractivity contribution >= 4 is 22.6 Å². The van der Waals surface area contributed by atoms with Gasteiger partial charge in [0.1, 0.15) is 0 Å². The molecule has 0 saturated carbocycles. The van der Waals surface area contributed by atoms with Crippen molar-refractivity contribution < 1.29 is 8.78 Å². The van der Waals surface area contributed by atoms with E-state index in [1.807, 2.05) is 13.8 Å². The van der Waals surface area contributed by atoms with Gasteiger partial charge in [-0.15, -0.1) is 0 Å². The Balaban J connectivity index is 3.73. The Morgan fingerprint density at radius 1 is 1.30 bits per heavy atom. The lowest BCUT2D eigenvalue weighted by atomic mass is 10.00. The lowest BCUT2D eigenvalue weighted by molar-refractivity contribution is 0.0558. The van der Waals surface area contributed by atoms with Crippen molar-refractivity contribution in [1.29, 1.82) is 0 Å². The first-order valence-electron chi connectivity index (χ1n) is 3.40. The number of rotatable bonds is 3. The maximum absolute atomic E-state index is 12.5. The third-order valence-corrected chi connectivity index (χ3v) is 2.45. The van der Waals surface area contributed by atoms with Crippen LogP contribution in [0.15, 0.2) is 0 Å². The van der Waals surface area contributed by atoms with Crippen LogP contribution < -0.4 is 0 Å². The van der Waals surface area contributed by atoms with Crippen molar-refractivity contribution in [3.05, 3.63) is 0 Å². The molecule has 0 unspecified atom stereocenters. The summed E-state index contributed by atoms with van der Waals surface area (Å²) in [5, 5.41) is 0. The molecule has 0 aromatic heterocycles. The summed E-state index contributed by atoms with van der Waals surface area (Å²) in [7, 11) is 0. The second kappa shape index (κ2) is 3.83. The molecule has 10 heavy (non-hydrogen) atoms. The minimum atomic E-state index is -2.54. The van der Waals surface area contributed by atoms with Gasteiger partial charge in [-0.2, -0.15) is 8.78 Å². The van der Waals surface area contributed by atoms with E-state index in [0.29, 0.717) is 12.3 Å². The standard InChI is InChI=1S/C7H13F2I/c1-5(2)4-6(3)7(8,9)10/h5-6H,4H2,1-3H3/t6-/m0/s1. The van der Waals surface area contributed by atoms with E-state index in [4.69, 9.17) is 0 Å². The summed E-state index contributed by atoms with van der Waals surface area (Å²) < 4.78 is 22.4. The predicted octanol–water partition coefficient (Wildman–Crippen LogP) is 3.70. The van der Waals surface area contributed by atoms with Gasteiger partial charge < -0.3 is 0 Å². The molecule has 1 atom stereocenters. The van der Waals surface area contributed by atoms with Gasteiger partial charge in [0, 0.05) is 5.92 Å². The molecule has 0 aliphatic rings. The van der Waals surface area contributed by atoms with E-state index in [1.54, 1.807) is 6.92 Å². The molecular formula is C7H13F2I. The van der Waals surface area contributed by atoms with Crippen LogP contribution in [-0.2, 0) is 0 Å². The summed E-state index contributed by atoms with van der Waals surface area (Å²) in [6.07, 6.45) is 0.593. The van der Waals surface area contributed by atoms with Crippen LogP contribution in [-0.4, -0.2) is 3.93 Å². The number of halogens is 3. The fourth-order valence-corrected chi connectivity index (χ4v) is 1.10. The summed E-state index contributed by atoms with van der Waals surface area (Å²) >= 11 is 1.20. The molecule has 0 saturated heterocycles. The summed E-state index contributed by atoms with van der Waals surface area (Å²) in [6.45, 7) is 5.50. The first-order chi connectivity index (χ1) is 4.34. The normalized spacial score (nSPS) is 15.9. The summed E-state index contributed by atoms with van der Waals surface area (Å²) in [5.41, 5.74) is 0. The van der Waals surface area contributed by atoms with Crippen molar-refractivity contribution in [2.75, 3.05) is 0 Å². The summed E-state index contributed by atoms with van der Waals surface area (Å²) in [4.78, 5) is 0. The molecule has 0 N–H and O–H groups in total. The summed E-state index contributed by atoms with van der Waals surface area (Å²) in [6, 6.07) is 0. The van der Waals surface area contributed by atoms with E-state index in [1.165, 1.54) is 22.6 Å². The second-order valence-corrected chi connectivity index (χ2v) is 4.51. The Morgan fingerprint density at radius 2 is 1.70 bits per heavy atom. The van der Waals surface area contributed by atoms with E-state index in [0.717, 1.165) is 0 Å². The van der Waals surface area contributed by atoms with E-state index >= 15 is 0 Å². The quantitative estimate of drug-likeness (QED) is 0.537. The van der Waals surface area contributed by atoms with Crippen LogP contribution in [0.2, 0.25) is 0 Å². The molecule has 0 aliphatic carbocycles. The Morgan fingerprint density at radius 3 is 1.80 bits per heavy atom.